The largest absolute Gasteiger partial charge is 0.312 e. The van der Waals surface area contributed by atoms with Crippen LogP contribution < -0.4 is 10.0 Å². The van der Waals surface area contributed by atoms with Gasteiger partial charge in [-0.2, -0.15) is 5.10 Å². The predicted octanol–water partition coefficient (Wildman–Crippen LogP) is 2.16. The smallest absolute Gasteiger partial charge is 0.230 e. The highest BCUT2D eigenvalue weighted by atomic mass is 32.2. The van der Waals surface area contributed by atoms with E-state index in [1.165, 1.54) is 11.1 Å². The number of fused-ring (bicyclic) bond motifs is 2. The molecule has 0 spiro atoms. The second-order valence-corrected chi connectivity index (χ2v) is 8.40. The Morgan fingerprint density at radius 3 is 2.71 bits per heavy atom. The van der Waals surface area contributed by atoms with E-state index >= 15 is 0 Å². The van der Waals surface area contributed by atoms with E-state index in [4.69, 9.17) is 5.14 Å². The fourth-order valence-corrected chi connectivity index (χ4v) is 4.71. The molecule has 1 aliphatic carbocycles. The van der Waals surface area contributed by atoms with Crippen molar-refractivity contribution in [2.75, 3.05) is 11.4 Å². The molecule has 0 radical (unpaired) electrons. The van der Waals surface area contributed by atoms with Gasteiger partial charge >= 0.3 is 0 Å². The average molecular weight is 392 g/mol. The van der Waals surface area contributed by atoms with Crippen molar-refractivity contribution in [2.45, 2.75) is 24.2 Å². The van der Waals surface area contributed by atoms with Crippen molar-refractivity contribution >= 4 is 22.6 Å². The van der Waals surface area contributed by atoms with E-state index in [-0.39, 0.29) is 11.8 Å². The van der Waals surface area contributed by atoms with Crippen molar-refractivity contribution in [1.82, 2.24) is 9.78 Å². The monoisotopic (exact) mass is 392 g/mol. The first kappa shape index (κ1) is 17.3. The van der Waals surface area contributed by atoms with E-state index in [1.54, 1.807) is 18.3 Å². The Bertz CT molecular complexity index is 1090. The maximum absolute atomic E-state index is 13.3. The molecule has 2 N–H and O–H groups in total. The van der Waals surface area contributed by atoms with Gasteiger partial charge in [-0.15, -0.1) is 0 Å². The number of hydrogen-bond acceptors (Lipinski definition) is 3. The van der Waals surface area contributed by atoms with Gasteiger partial charge in [0.2, 0.25) is 5.91 Å². The van der Waals surface area contributed by atoms with Gasteiger partial charge in [-0.1, -0.05) is 12.1 Å². The number of nitrogens with two attached hydrogens (primary N) is 1. The number of hydrogen-bond donors (Lipinski definition) is 1. The highest BCUT2D eigenvalue weighted by Gasteiger charge is 2.34. The van der Waals surface area contributed by atoms with Gasteiger partial charge in [-0.3, -0.25) is 4.79 Å². The predicted molar refractivity (Wildman–Crippen MR) is 108 cm³/mol. The summed E-state index contributed by atoms with van der Waals surface area (Å²) in [4.78, 5) is 15.7. The van der Waals surface area contributed by atoms with Crippen LogP contribution in [0.25, 0.3) is 5.69 Å². The van der Waals surface area contributed by atoms with E-state index in [9.17, 15) is 9.00 Å². The summed E-state index contributed by atoms with van der Waals surface area (Å²) in [5, 5.41) is 9.81. The van der Waals surface area contributed by atoms with Crippen LogP contribution in [0.15, 0.2) is 59.8 Å². The quantitative estimate of drug-likeness (QED) is 0.742. The number of nitrogens with zero attached hydrogens (tertiary/aromatic N) is 3. The molecule has 5 rings (SSSR count). The third kappa shape index (κ3) is 2.87. The number of rotatable bonds is 3. The molecule has 1 amide bonds. The Balaban J connectivity index is 1.39. The molecular weight excluding hydrogens is 372 g/mol. The normalized spacial score (nSPS) is 18.8. The molecule has 2 unspecified atom stereocenters. The van der Waals surface area contributed by atoms with Crippen molar-refractivity contribution in [3.63, 3.8) is 0 Å². The van der Waals surface area contributed by atoms with E-state index in [2.05, 4.69) is 17.2 Å². The Morgan fingerprint density at radius 2 is 1.93 bits per heavy atom. The highest BCUT2D eigenvalue weighted by Crippen LogP contribution is 2.35. The molecule has 142 valence electrons. The van der Waals surface area contributed by atoms with E-state index < -0.39 is 11.0 Å². The van der Waals surface area contributed by atoms with Gasteiger partial charge in [0.25, 0.3) is 0 Å². The molecule has 7 heteroatoms. The van der Waals surface area contributed by atoms with Crippen LogP contribution in [0.2, 0.25) is 0 Å². The first-order valence-corrected chi connectivity index (χ1v) is 10.5. The summed E-state index contributed by atoms with van der Waals surface area (Å²) in [6, 6.07) is 13.7. The number of benzene rings is 2. The molecule has 6 nitrogen and oxygen atoms in total. The zero-order valence-electron chi connectivity index (χ0n) is 15.2. The average Bonchev–Trinajstić information content (AvgIpc) is 3.44. The maximum Gasteiger partial charge on any atom is 0.230 e. The molecule has 3 aromatic rings. The van der Waals surface area contributed by atoms with Crippen molar-refractivity contribution in [3.05, 3.63) is 71.5 Å². The van der Waals surface area contributed by atoms with Crippen LogP contribution in [-0.2, 0) is 35.0 Å². The maximum atomic E-state index is 13.3. The van der Waals surface area contributed by atoms with Gasteiger partial charge in [0, 0.05) is 30.5 Å². The number of aromatic nitrogens is 2. The van der Waals surface area contributed by atoms with E-state index in [1.807, 2.05) is 34.0 Å². The molecule has 1 aromatic heterocycles. The summed E-state index contributed by atoms with van der Waals surface area (Å²) in [5.41, 5.74) is 5.42. The van der Waals surface area contributed by atoms with Gasteiger partial charge in [0.05, 0.1) is 10.6 Å². The van der Waals surface area contributed by atoms with Crippen LogP contribution in [0.3, 0.4) is 0 Å². The summed E-state index contributed by atoms with van der Waals surface area (Å²) < 4.78 is 13.5. The SMILES string of the molecule is NS(=O)c1ccc2c(c1)N(C(=O)C1Cc3ccc(-n4cccn4)cc3C1)CC2. The first-order valence-electron chi connectivity index (χ1n) is 9.32. The number of carbonyl (C=O) groups is 1. The summed E-state index contributed by atoms with van der Waals surface area (Å²) in [6.07, 6.45) is 5.98. The number of carbonyl (C=O) groups excluding carboxylic acids is 1. The van der Waals surface area contributed by atoms with Gasteiger partial charge in [-0.25, -0.2) is 14.0 Å². The van der Waals surface area contributed by atoms with Crippen LogP contribution in [0.5, 0.6) is 0 Å². The molecule has 2 aliphatic rings. The fraction of sp³-hybridized carbons (Fsp3) is 0.238. The molecule has 2 atom stereocenters. The standard InChI is InChI=1S/C21H20N4O2S/c22-28(27)19-5-3-14-6-9-24(20(14)13-19)21(26)17-10-15-2-4-18(12-16(15)11-17)25-8-1-7-23-25/h1-5,7-8,12-13,17H,6,9-11,22H2. The van der Waals surface area contributed by atoms with E-state index in [0.717, 1.165) is 36.2 Å². The molecule has 0 saturated carbocycles. The Morgan fingerprint density at radius 1 is 1.11 bits per heavy atom. The van der Waals surface area contributed by atoms with Crippen molar-refractivity contribution < 1.29 is 9.00 Å². The zero-order valence-corrected chi connectivity index (χ0v) is 16.1. The second kappa shape index (κ2) is 6.68. The lowest BCUT2D eigenvalue weighted by Crippen LogP contribution is -2.35. The summed E-state index contributed by atoms with van der Waals surface area (Å²) >= 11 is 0. The lowest BCUT2D eigenvalue weighted by molar-refractivity contribution is -0.122. The zero-order chi connectivity index (χ0) is 19.3. The lowest BCUT2D eigenvalue weighted by Gasteiger charge is -2.21. The Kier molecular flexibility index (Phi) is 4.14. The summed E-state index contributed by atoms with van der Waals surface area (Å²) in [7, 11) is -1.55. The summed E-state index contributed by atoms with van der Waals surface area (Å²) in [6.45, 7) is 0.667. The minimum Gasteiger partial charge on any atom is -0.312 e. The van der Waals surface area contributed by atoms with Crippen LogP contribution in [0.4, 0.5) is 5.69 Å². The molecule has 28 heavy (non-hydrogen) atoms. The molecule has 0 saturated heterocycles. The molecule has 2 heterocycles. The lowest BCUT2D eigenvalue weighted by atomic mass is 10.0. The van der Waals surface area contributed by atoms with Gasteiger partial charge < -0.3 is 4.90 Å². The second-order valence-electron chi connectivity index (χ2n) is 7.34. The van der Waals surface area contributed by atoms with Crippen LogP contribution >= 0.6 is 0 Å². The molecule has 1 aliphatic heterocycles. The van der Waals surface area contributed by atoms with Gasteiger partial charge in [-0.05, 0) is 66.3 Å². The molecule has 0 fully saturated rings. The van der Waals surface area contributed by atoms with Crippen molar-refractivity contribution in [2.24, 2.45) is 11.1 Å². The van der Waals surface area contributed by atoms with Crippen molar-refractivity contribution in [3.8, 4) is 5.69 Å². The Labute approximate surface area is 165 Å². The third-order valence-corrected chi connectivity index (χ3v) is 6.41. The molecule has 2 aromatic carbocycles. The van der Waals surface area contributed by atoms with Crippen LogP contribution in [0.1, 0.15) is 16.7 Å². The number of anilines is 1. The third-order valence-electron chi connectivity index (χ3n) is 5.69. The van der Waals surface area contributed by atoms with Gasteiger partial charge in [0.1, 0.15) is 11.0 Å². The molecular formula is C21H20N4O2S. The molecule has 0 bridgehead atoms. The minimum atomic E-state index is -1.55. The van der Waals surface area contributed by atoms with Crippen molar-refractivity contribution in [1.29, 1.82) is 0 Å². The Hall–Kier alpha value is -2.77. The van der Waals surface area contributed by atoms with Crippen LogP contribution in [0, 0.1) is 5.92 Å². The van der Waals surface area contributed by atoms with Gasteiger partial charge in [0.15, 0.2) is 0 Å². The highest BCUT2D eigenvalue weighted by molar-refractivity contribution is 7.82. The summed E-state index contributed by atoms with van der Waals surface area (Å²) in [5.74, 6) is 0.0661. The number of amides is 1. The van der Waals surface area contributed by atoms with E-state index in [0.29, 0.717) is 11.4 Å². The fourth-order valence-electron chi connectivity index (χ4n) is 4.28. The van der Waals surface area contributed by atoms with Crippen LogP contribution in [-0.4, -0.2) is 26.4 Å². The first-order chi connectivity index (χ1) is 13.6. The topological polar surface area (TPSA) is 81.2 Å². The minimum absolute atomic E-state index is 0.0687.